The third-order valence-electron chi connectivity index (χ3n) is 12.2. The standard InChI is InChI=1S/C55H66O26/c1-30(56)66-27-42-45(72-32(3)58)48(74-34(5)60)51(76-36(7)62)54(64,79-42)71-29-41-44(68-24-38-18-12-9-13-19-38)47(50(69-25-39-20-14-10-15-21-39)53(78-41)70-26-40-22-16-11-17-23-40)81-55(65)52(77-37(8)63)49(75-35(6)61)46(73-33(4)59)43(80-55)28-67-31(2)57/h9-23,41-53,64-65H,24-29H2,1-8H3/t41-,42-,43-,44-,45-,46-,47+,48+,49+,50+,51+,52+,53+,54-,55+/m1/s1. The van der Waals surface area contributed by atoms with Crippen LogP contribution in [0.15, 0.2) is 91.0 Å². The molecule has 3 aromatic rings. The fourth-order valence-electron chi connectivity index (χ4n) is 9.04. The number of carbonyl (C=O) groups excluding carboxylic acids is 8. The van der Waals surface area contributed by atoms with Gasteiger partial charge in [0.25, 0.3) is 0 Å². The van der Waals surface area contributed by atoms with Crippen LogP contribution in [0.4, 0.5) is 0 Å². The molecule has 0 bridgehead atoms. The van der Waals surface area contributed by atoms with Crippen molar-refractivity contribution in [3.05, 3.63) is 108 Å². The molecule has 3 fully saturated rings. The molecule has 6 rings (SSSR count). The van der Waals surface area contributed by atoms with E-state index < -0.39 is 159 Å². The molecule has 3 heterocycles. The van der Waals surface area contributed by atoms with Crippen LogP contribution < -0.4 is 0 Å². The first-order valence-corrected chi connectivity index (χ1v) is 25.5. The number of benzene rings is 3. The Balaban J connectivity index is 1.56. The summed E-state index contributed by atoms with van der Waals surface area (Å²) in [7, 11) is 0. The number of ether oxygens (including phenoxy) is 16. The molecule has 3 aromatic carbocycles. The molecule has 81 heavy (non-hydrogen) atoms. The molecule has 0 aromatic heterocycles. The minimum atomic E-state index is -3.36. The van der Waals surface area contributed by atoms with Gasteiger partial charge >= 0.3 is 59.7 Å². The highest BCUT2D eigenvalue weighted by Gasteiger charge is 2.65. The van der Waals surface area contributed by atoms with Gasteiger partial charge in [-0.3, -0.25) is 38.4 Å². The van der Waals surface area contributed by atoms with Gasteiger partial charge in [0.1, 0.15) is 49.8 Å². The van der Waals surface area contributed by atoms with Crippen LogP contribution in [0.2, 0.25) is 0 Å². The van der Waals surface area contributed by atoms with E-state index in [0.717, 1.165) is 55.4 Å². The Bertz CT molecular complexity index is 2600. The lowest BCUT2D eigenvalue weighted by Crippen LogP contribution is -2.72. The zero-order chi connectivity index (χ0) is 59.0. The first-order valence-electron chi connectivity index (χ1n) is 25.5. The van der Waals surface area contributed by atoms with Crippen LogP contribution in [0.3, 0.4) is 0 Å². The Morgan fingerprint density at radius 1 is 0.395 bits per heavy atom. The summed E-state index contributed by atoms with van der Waals surface area (Å²) in [6, 6.07) is 26.0. The van der Waals surface area contributed by atoms with E-state index in [1.807, 2.05) is 0 Å². The van der Waals surface area contributed by atoms with Crippen molar-refractivity contribution >= 4 is 47.8 Å². The molecule has 0 amide bonds. The van der Waals surface area contributed by atoms with Crippen LogP contribution in [0.1, 0.15) is 72.1 Å². The SMILES string of the molecule is CC(=O)OC[C@H]1O[C@](O)(OC[C@H]2O[C@H](OCc3ccccc3)[C@@H](OCc3ccccc3)[C@@H](O[C@@]3(O)O[C@H](COC(C)=O)[C@@H](OC(C)=O)[C@H](OC(C)=O)[C@@H]3OC(C)=O)[C@@H]2OCc2ccccc2)[C@@H](OC(C)=O)[C@@H](OC(C)=O)[C@@H]1OC(C)=O. The minimum absolute atomic E-state index is 0.201. The lowest BCUT2D eigenvalue weighted by molar-refractivity contribution is -0.479. The molecule has 2 N–H and O–H groups in total. The van der Waals surface area contributed by atoms with Crippen molar-refractivity contribution in [2.24, 2.45) is 0 Å². The van der Waals surface area contributed by atoms with Gasteiger partial charge in [-0.05, 0) is 16.7 Å². The Kier molecular flexibility index (Phi) is 22.7. The van der Waals surface area contributed by atoms with E-state index in [1.165, 1.54) is 0 Å². The molecule has 26 nitrogen and oxygen atoms in total. The molecule has 442 valence electrons. The van der Waals surface area contributed by atoms with Gasteiger partial charge in [0.2, 0.25) is 12.2 Å². The van der Waals surface area contributed by atoms with Crippen molar-refractivity contribution in [1.82, 2.24) is 0 Å². The van der Waals surface area contributed by atoms with Crippen LogP contribution in [-0.4, -0.2) is 169 Å². The maximum Gasteiger partial charge on any atom is 0.324 e. The van der Waals surface area contributed by atoms with Crippen molar-refractivity contribution in [1.29, 1.82) is 0 Å². The summed E-state index contributed by atoms with van der Waals surface area (Å²) < 4.78 is 95.6. The highest BCUT2D eigenvalue weighted by atomic mass is 16.9. The van der Waals surface area contributed by atoms with Crippen LogP contribution >= 0.6 is 0 Å². The van der Waals surface area contributed by atoms with E-state index in [2.05, 4.69) is 0 Å². The summed E-state index contributed by atoms with van der Waals surface area (Å²) in [6.07, 6.45) is -23.7. The first-order chi connectivity index (χ1) is 38.4. The predicted octanol–water partition coefficient (Wildman–Crippen LogP) is 2.31. The van der Waals surface area contributed by atoms with Crippen molar-refractivity contribution in [2.75, 3.05) is 19.8 Å². The van der Waals surface area contributed by atoms with E-state index in [1.54, 1.807) is 91.0 Å². The van der Waals surface area contributed by atoms with E-state index >= 15 is 0 Å². The average molecular weight is 1140 g/mol. The Labute approximate surface area is 465 Å². The maximum atomic E-state index is 13.2. The first kappa shape index (κ1) is 63.2. The number of hydrogen-bond donors (Lipinski definition) is 2. The second-order valence-corrected chi connectivity index (χ2v) is 18.8. The number of carbonyl (C=O) groups is 8. The van der Waals surface area contributed by atoms with Crippen LogP contribution in [-0.2, 0) is 134 Å². The van der Waals surface area contributed by atoms with Gasteiger partial charge in [-0.1, -0.05) is 91.0 Å². The number of esters is 8. The number of hydrogen-bond acceptors (Lipinski definition) is 26. The highest BCUT2D eigenvalue weighted by Crippen LogP contribution is 2.42. The zero-order valence-corrected chi connectivity index (χ0v) is 45.6. The van der Waals surface area contributed by atoms with Gasteiger partial charge in [0, 0.05) is 55.4 Å². The quantitative estimate of drug-likeness (QED) is 0.0738. The molecule has 3 saturated heterocycles. The molecule has 26 heteroatoms. The molecule has 0 spiro atoms. The van der Waals surface area contributed by atoms with Gasteiger partial charge < -0.3 is 86.0 Å². The summed E-state index contributed by atoms with van der Waals surface area (Å²) in [5.41, 5.74) is 1.76. The van der Waals surface area contributed by atoms with Crippen LogP contribution in [0, 0.1) is 0 Å². The Morgan fingerprint density at radius 2 is 0.753 bits per heavy atom. The maximum absolute atomic E-state index is 13.2. The van der Waals surface area contributed by atoms with Gasteiger partial charge in [-0.2, -0.15) is 0 Å². The smallest absolute Gasteiger partial charge is 0.324 e. The van der Waals surface area contributed by atoms with Crippen LogP contribution in [0.25, 0.3) is 0 Å². The molecular formula is C55H66O26. The Morgan fingerprint density at radius 3 is 1.15 bits per heavy atom. The van der Waals surface area contributed by atoms with Gasteiger partial charge in [0.15, 0.2) is 30.7 Å². The molecule has 0 unspecified atom stereocenters. The van der Waals surface area contributed by atoms with E-state index in [0.29, 0.717) is 16.7 Å². The summed E-state index contributed by atoms with van der Waals surface area (Å²) >= 11 is 0. The second-order valence-electron chi connectivity index (χ2n) is 18.8. The predicted molar refractivity (Wildman–Crippen MR) is 267 cm³/mol. The molecule has 0 radical (unpaired) electrons. The lowest BCUT2D eigenvalue weighted by Gasteiger charge is -2.52. The van der Waals surface area contributed by atoms with E-state index in [-0.39, 0.29) is 19.8 Å². The highest BCUT2D eigenvalue weighted by molar-refractivity contribution is 5.70. The third-order valence-corrected chi connectivity index (χ3v) is 12.2. The van der Waals surface area contributed by atoms with E-state index in [4.69, 9.17) is 75.8 Å². The van der Waals surface area contributed by atoms with Crippen molar-refractivity contribution in [2.45, 2.75) is 167 Å². The second kappa shape index (κ2) is 29.1. The third kappa shape index (κ3) is 18.0. The molecule has 0 saturated carbocycles. The van der Waals surface area contributed by atoms with Gasteiger partial charge in [-0.15, -0.1) is 0 Å². The number of rotatable bonds is 24. The summed E-state index contributed by atoms with van der Waals surface area (Å²) in [5.74, 6) is -14.5. The minimum Gasteiger partial charge on any atom is -0.463 e. The van der Waals surface area contributed by atoms with Gasteiger partial charge in [-0.25, -0.2) is 0 Å². The zero-order valence-electron chi connectivity index (χ0n) is 45.6. The monoisotopic (exact) mass is 1140 g/mol. The average Bonchev–Trinajstić information content (AvgIpc) is 3.54. The van der Waals surface area contributed by atoms with Crippen molar-refractivity contribution in [3.63, 3.8) is 0 Å². The normalized spacial score (nSPS) is 29.9. The fourth-order valence-corrected chi connectivity index (χ4v) is 9.04. The largest absolute Gasteiger partial charge is 0.463 e. The molecule has 15 atom stereocenters. The Hall–Kier alpha value is -6.98. The van der Waals surface area contributed by atoms with Gasteiger partial charge in [0.05, 0.1) is 26.4 Å². The molecular weight excluding hydrogens is 1080 g/mol. The topological polar surface area (TPSA) is 325 Å². The fraction of sp³-hybridized carbons (Fsp3) is 0.527. The van der Waals surface area contributed by atoms with Crippen LogP contribution in [0.5, 0.6) is 0 Å². The number of aliphatic hydroxyl groups is 2. The summed E-state index contributed by atoms with van der Waals surface area (Å²) in [5, 5.41) is 25.8. The molecule has 3 aliphatic heterocycles. The lowest BCUT2D eigenvalue weighted by atomic mass is 9.94. The van der Waals surface area contributed by atoms with Crippen molar-refractivity contribution in [3.8, 4) is 0 Å². The van der Waals surface area contributed by atoms with E-state index in [9.17, 15) is 48.6 Å². The molecule has 0 aliphatic carbocycles. The summed E-state index contributed by atoms with van der Waals surface area (Å²) in [4.78, 5) is 101. The van der Waals surface area contributed by atoms with Crippen molar-refractivity contribution < 1.29 is 124 Å². The molecule has 3 aliphatic rings. The summed E-state index contributed by atoms with van der Waals surface area (Å²) in [6.45, 7) is 4.76.